The van der Waals surface area contributed by atoms with Gasteiger partial charge in [-0.2, -0.15) is 0 Å². The maximum atomic E-state index is 13.6. The SMILES string of the molecule is CCCC=C[C@H]1CC[C@H](CCc2ccc(-c3ccc(Cl)c(F)c3)cc2)CC1. The van der Waals surface area contributed by atoms with E-state index in [1.54, 1.807) is 6.07 Å². The van der Waals surface area contributed by atoms with Crippen LogP contribution in [0.25, 0.3) is 11.1 Å². The second kappa shape index (κ2) is 10.1. The van der Waals surface area contributed by atoms with Crippen LogP contribution in [0, 0.1) is 17.7 Å². The van der Waals surface area contributed by atoms with Gasteiger partial charge >= 0.3 is 0 Å². The molecule has 0 saturated heterocycles. The van der Waals surface area contributed by atoms with Crippen molar-refractivity contribution in [3.8, 4) is 11.1 Å². The molecule has 0 nitrogen and oxygen atoms in total. The summed E-state index contributed by atoms with van der Waals surface area (Å²) in [5.41, 5.74) is 3.28. The molecule has 0 amide bonds. The summed E-state index contributed by atoms with van der Waals surface area (Å²) >= 11 is 5.77. The van der Waals surface area contributed by atoms with Gasteiger partial charge in [-0.05, 0) is 85.6 Å². The van der Waals surface area contributed by atoms with Crippen LogP contribution < -0.4 is 0 Å². The van der Waals surface area contributed by atoms with Gasteiger partial charge in [0.1, 0.15) is 5.82 Å². The summed E-state index contributed by atoms with van der Waals surface area (Å²) in [6.45, 7) is 2.24. The van der Waals surface area contributed by atoms with Crippen molar-refractivity contribution >= 4 is 11.6 Å². The molecule has 144 valence electrons. The van der Waals surface area contributed by atoms with E-state index in [4.69, 9.17) is 11.6 Å². The van der Waals surface area contributed by atoms with Crippen molar-refractivity contribution in [1.82, 2.24) is 0 Å². The summed E-state index contributed by atoms with van der Waals surface area (Å²) in [6.07, 6.45) is 15.1. The minimum absolute atomic E-state index is 0.172. The van der Waals surface area contributed by atoms with Crippen LogP contribution >= 0.6 is 11.6 Å². The third-order valence-corrected chi connectivity index (χ3v) is 6.11. The number of hydrogen-bond donors (Lipinski definition) is 0. The molecule has 0 unspecified atom stereocenters. The van der Waals surface area contributed by atoms with Crippen molar-refractivity contribution in [3.63, 3.8) is 0 Å². The molecular formula is C25H30ClF. The van der Waals surface area contributed by atoms with Gasteiger partial charge in [0, 0.05) is 0 Å². The predicted octanol–water partition coefficient (Wildman–Crippen LogP) is 8.24. The first-order valence-corrected chi connectivity index (χ1v) is 10.7. The summed E-state index contributed by atoms with van der Waals surface area (Å²) < 4.78 is 13.6. The molecular weight excluding hydrogens is 355 g/mol. The van der Waals surface area contributed by atoms with E-state index in [-0.39, 0.29) is 10.8 Å². The lowest BCUT2D eigenvalue weighted by atomic mass is 9.79. The van der Waals surface area contributed by atoms with Crippen molar-refractivity contribution in [2.45, 2.75) is 58.3 Å². The zero-order valence-electron chi connectivity index (χ0n) is 16.3. The highest BCUT2D eigenvalue weighted by molar-refractivity contribution is 6.30. The van der Waals surface area contributed by atoms with Crippen molar-refractivity contribution in [3.05, 3.63) is 71.0 Å². The van der Waals surface area contributed by atoms with Crippen LogP contribution in [0.1, 0.15) is 57.4 Å². The van der Waals surface area contributed by atoms with Gasteiger partial charge in [-0.1, -0.05) is 67.4 Å². The van der Waals surface area contributed by atoms with Crippen LogP contribution in [0.5, 0.6) is 0 Å². The Balaban J connectivity index is 1.47. The molecule has 1 fully saturated rings. The molecule has 1 aliphatic carbocycles. The van der Waals surface area contributed by atoms with E-state index in [1.165, 1.54) is 56.6 Å². The fourth-order valence-electron chi connectivity index (χ4n) is 4.04. The van der Waals surface area contributed by atoms with E-state index >= 15 is 0 Å². The maximum Gasteiger partial charge on any atom is 0.142 e. The van der Waals surface area contributed by atoms with E-state index in [9.17, 15) is 4.39 Å². The molecule has 0 N–H and O–H groups in total. The smallest absolute Gasteiger partial charge is 0.142 e. The Morgan fingerprint density at radius 2 is 1.70 bits per heavy atom. The van der Waals surface area contributed by atoms with Crippen LogP contribution in [0.4, 0.5) is 4.39 Å². The summed E-state index contributed by atoms with van der Waals surface area (Å²) in [7, 11) is 0. The number of halogens is 2. The summed E-state index contributed by atoms with van der Waals surface area (Å²) in [5.74, 6) is 1.32. The first kappa shape index (κ1) is 20.1. The molecule has 0 heterocycles. The minimum atomic E-state index is -0.363. The molecule has 0 bridgehead atoms. The number of hydrogen-bond acceptors (Lipinski definition) is 0. The predicted molar refractivity (Wildman–Crippen MR) is 115 cm³/mol. The monoisotopic (exact) mass is 384 g/mol. The second-order valence-electron chi connectivity index (χ2n) is 7.86. The molecule has 2 aromatic carbocycles. The molecule has 2 heteroatoms. The summed E-state index contributed by atoms with van der Waals surface area (Å²) in [4.78, 5) is 0. The van der Waals surface area contributed by atoms with E-state index in [1.807, 2.05) is 6.07 Å². The van der Waals surface area contributed by atoms with E-state index in [0.717, 1.165) is 29.4 Å². The summed E-state index contributed by atoms with van der Waals surface area (Å²) in [5, 5.41) is 0.172. The molecule has 2 aromatic rings. The largest absolute Gasteiger partial charge is 0.205 e. The van der Waals surface area contributed by atoms with Gasteiger partial charge in [0.2, 0.25) is 0 Å². The van der Waals surface area contributed by atoms with Gasteiger partial charge in [0.25, 0.3) is 0 Å². The number of unbranched alkanes of at least 4 members (excludes halogenated alkanes) is 1. The highest BCUT2D eigenvalue weighted by atomic mass is 35.5. The molecule has 0 aliphatic heterocycles. The third-order valence-electron chi connectivity index (χ3n) is 5.80. The van der Waals surface area contributed by atoms with Crippen LogP contribution in [0.15, 0.2) is 54.6 Å². The molecule has 27 heavy (non-hydrogen) atoms. The van der Waals surface area contributed by atoms with Gasteiger partial charge in [-0.3, -0.25) is 0 Å². The normalized spacial score (nSPS) is 20.3. The Labute approximate surface area is 168 Å². The lowest BCUT2D eigenvalue weighted by Gasteiger charge is -2.26. The average molecular weight is 385 g/mol. The van der Waals surface area contributed by atoms with Crippen molar-refractivity contribution in [1.29, 1.82) is 0 Å². The average Bonchev–Trinajstić information content (AvgIpc) is 2.70. The summed E-state index contributed by atoms with van der Waals surface area (Å²) in [6, 6.07) is 13.5. The standard InChI is InChI=1S/C25H30ClF/c1-2-3-4-5-19-6-8-20(9-7-19)10-11-21-12-14-22(15-13-21)23-16-17-24(26)25(27)18-23/h4-5,12-20H,2-3,6-11H2,1H3/t19-,20-. The van der Waals surface area contributed by atoms with Crippen LogP contribution in [0.3, 0.4) is 0 Å². The molecule has 1 saturated carbocycles. The van der Waals surface area contributed by atoms with Gasteiger partial charge in [0.05, 0.1) is 5.02 Å². The minimum Gasteiger partial charge on any atom is -0.205 e. The van der Waals surface area contributed by atoms with Crippen LogP contribution in [-0.2, 0) is 6.42 Å². The lowest BCUT2D eigenvalue weighted by molar-refractivity contribution is 0.296. The molecule has 0 atom stereocenters. The van der Waals surface area contributed by atoms with Gasteiger partial charge in [-0.15, -0.1) is 0 Å². The number of rotatable bonds is 7. The highest BCUT2D eigenvalue weighted by Crippen LogP contribution is 2.32. The fraction of sp³-hybridized carbons (Fsp3) is 0.440. The van der Waals surface area contributed by atoms with Gasteiger partial charge in [0.15, 0.2) is 0 Å². The molecule has 3 rings (SSSR count). The fourth-order valence-corrected chi connectivity index (χ4v) is 4.15. The number of aryl methyl sites for hydroxylation is 1. The van der Waals surface area contributed by atoms with Gasteiger partial charge in [-0.25, -0.2) is 4.39 Å². The number of benzene rings is 2. The Hall–Kier alpha value is -1.60. The lowest BCUT2D eigenvalue weighted by Crippen LogP contribution is -2.13. The first-order chi connectivity index (χ1) is 13.2. The Bertz CT molecular complexity index is 739. The van der Waals surface area contributed by atoms with E-state index in [0.29, 0.717) is 0 Å². The van der Waals surface area contributed by atoms with E-state index < -0.39 is 0 Å². The molecule has 0 spiro atoms. The zero-order valence-corrected chi connectivity index (χ0v) is 17.0. The Morgan fingerprint density at radius 3 is 2.37 bits per heavy atom. The van der Waals surface area contributed by atoms with Crippen molar-refractivity contribution in [2.24, 2.45) is 11.8 Å². The molecule has 1 aliphatic rings. The van der Waals surface area contributed by atoms with Crippen molar-refractivity contribution < 1.29 is 4.39 Å². The third kappa shape index (κ3) is 5.94. The van der Waals surface area contributed by atoms with Gasteiger partial charge < -0.3 is 0 Å². The second-order valence-corrected chi connectivity index (χ2v) is 8.27. The quantitative estimate of drug-likeness (QED) is 0.421. The topological polar surface area (TPSA) is 0 Å². The molecule has 0 aromatic heterocycles. The molecule has 0 radical (unpaired) electrons. The van der Waals surface area contributed by atoms with Crippen molar-refractivity contribution in [2.75, 3.05) is 0 Å². The first-order valence-electron chi connectivity index (χ1n) is 10.4. The zero-order chi connectivity index (χ0) is 19.1. The van der Waals surface area contributed by atoms with Crippen LogP contribution in [-0.4, -0.2) is 0 Å². The highest BCUT2D eigenvalue weighted by Gasteiger charge is 2.19. The van der Waals surface area contributed by atoms with Crippen LogP contribution in [0.2, 0.25) is 5.02 Å². The number of allylic oxidation sites excluding steroid dienone is 2. The maximum absolute atomic E-state index is 13.6. The Morgan fingerprint density at radius 1 is 1.00 bits per heavy atom. The Kier molecular flexibility index (Phi) is 7.52. The van der Waals surface area contributed by atoms with E-state index in [2.05, 4.69) is 43.3 Å².